The van der Waals surface area contributed by atoms with Crippen LogP contribution in [0.25, 0.3) is 0 Å². The van der Waals surface area contributed by atoms with Crippen molar-refractivity contribution in [3.05, 3.63) is 35.4 Å². The molecule has 10 heteroatoms. The maximum atomic E-state index is 12.9. The van der Waals surface area contributed by atoms with Crippen LogP contribution in [0, 0.1) is 0 Å². The van der Waals surface area contributed by atoms with Gasteiger partial charge in [0.05, 0.1) is 44.1 Å². The average Bonchev–Trinajstić information content (AvgIpc) is 2.93. The second kappa shape index (κ2) is 10.7. The Morgan fingerprint density at radius 2 is 1.68 bits per heavy atom. The molecule has 1 aromatic carbocycles. The second-order valence-electron chi connectivity index (χ2n) is 6.10. The number of imide groups is 1. The number of fused-ring (bicyclic) bond motifs is 1. The minimum absolute atomic E-state index is 0.0434. The highest BCUT2D eigenvalue weighted by Gasteiger charge is 2.34. The molecule has 1 aliphatic heterocycles. The maximum absolute atomic E-state index is 12.9. The summed E-state index contributed by atoms with van der Waals surface area (Å²) < 4.78 is 23.3. The fourth-order valence-corrected chi connectivity index (χ4v) is 2.63. The van der Waals surface area contributed by atoms with Crippen molar-refractivity contribution < 1.29 is 33.4 Å². The zero-order valence-electron chi connectivity index (χ0n) is 15.4. The highest BCUT2D eigenvalue weighted by Crippen LogP contribution is 2.21. The molecule has 1 heterocycles. The van der Waals surface area contributed by atoms with E-state index in [0.717, 1.165) is 9.80 Å². The van der Waals surface area contributed by atoms with E-state index in [0.29, 0.717) is 11.1 Å². The highest BCUT2D eigenvalue weighted by molar-refractivity contribution is 6.21. The lowest BCUT2D eigenvalue weighted by Crippen LogP contribution is -2.37. The zero-order valence-corrected chi connectivity index (χ0v) is 15.4. The molecule has 1 atom stereocenters. The van der Waals surface area contributed by atoms with E-state index < -0.39 is 12.3 Å². The standard InChI is InChI=1S/C18H24FN3O6/c19-13(11-20)12-28-9-6-21(18(25)26)5-8-27-10-7-22-16(23)14-3-1-2-4-15(14)17(22)24/h1-4,13H,5-12,20H2,(H,25,26). The van der Waals surface area contributed by atoms with Crippen LogP contribution in [0.1, 0.15) is 20.7 Å². The molecule has 0 aliphatic carbocycles. The minimum Gasteiger partial charge on any atom is -0.465 e. The van der Waals surface area contributed by atoms with Gasteiger partial charge < -0.3 is 25.2 Å². The Hall–Kier alpha value is -2.56. The largest absolute Gasteiger partial charge is 0.465 e. The monoisotopic (exact) mass is 397 g/mol. The molecule has 28 heavy (non-hydrogen) atoms. The van der Waals surface area contributed by atoms with Gasteiger partial charge in [0.2, 0.25) is 0 Å². The molecule has 0 fully saturated rings. The predicted octanol–water partition coefficient (Wildman–Crippen LogP) is 0.593. The Labute approximate surface area is 161 Å². The molecule has 2 rings (SSSR count). The third-order valence-electron chi connectivity index (χ3n) is 4.17. The summed E-state index contributed by atoms with van der Waals surface area (Å²) in [5, 5.41) is 9.15. The van der Waals surface area contributed by atoms with Crippen LogP contribution in [0.2, 0.25) is 0 Å². The smallest absolute Gasteiger partial charge is 0.407 e. The van der Waals surface area contributed by atoms with Crippen LogP contribution in [0.3, 0.4) is 0 Å². The maximum Gasteiger partial charge on any atom is 0.407 e. The van der Waals surface area contributed by atoms with E-state index in [1.54, 1.807) is 24.3 Å². The molecule has 3 N–H and O–H groups in total. The Bertz CT molecular complexity index is 667. The quantitative estimate of drug-likeness (QED) is 0.391. The number of nitrogens with two attached hydrogens (primary N) is 1. The van der Waals surface area contributed by atoms with Gasteiger partial charge in [-0.15, -0.1) is 0 Å². The molecule has 0 radical (unpaired) electrons. The molecule has 0 saturated carbocycles. The number of carboxylic acid groups (broad SMARTS) is 1. The van der Waals surface area contributed by atoms with Gasteiger partial charge >= 0.3 is 6.09 Å². The van der Waals surface area contributed by atoms with Crippen molar-refractivity contribution in [2.75, 3.05) is 52.6 Å². The molecule has 1 aromatic rings. The number of hydrogen-bond acceptors (Lipinski definition) is 6. The van der Waals surface area contributed by atoms with Gasteiger partial charge in [-0.2, -0.15) is 0 Å². The van der Waals surface area contributed by atoms with Gasteiger partial charge in [0.15, 0.2) is 0 Å². The van der Waals surface area contributed by atoms with Gasteiger partial charge in [-0.3, -0.25) is 14.5 Å². The summed E-state index contributed by atoms with van der Waals surface area (Å²) in [5.41, 5.74) is 5.86. The van der Waals surface area contributed by atoms with Crippen molar-refractivity contribution in [3.8, 4) is 0 Å². The van der Waals surface area contributed by atoms with E-state index in [-0.39, 0.29) is 64.4 Å². The summed E-state index contributed by atoms with van der Waals surface area (Å²) in [6.07, 6.45) is -2.42. The first-order valence-corrected chi connectivity index (χ1v) is 8.88. The Balaban J connectivity index is 1.66. The van der Waals surface area contributed by atoms with E-state index >= 15 is 0 Å². The summed E-state index contributed by atoms with van der Waals surface area (Å²) >= 11 is 0. The minimum atomic E-state index is -1.27. The van der Waals surface area contributed by atoms with E-state index in [9.17, 15) is 18.8 Å². The molecule has 0 aromatic heterocycles. The first-order chi connectivity index (χ1) is 13.5. The van der Waals surface area contributed by atoms with E-state index in [2.05, 4.69) is 0 Å². The van der Waals surface area contributed by atoms with Gasteiger partial charge in [0.1, 0.15) is 6.17 Å². The van der Waals surface area contributed by atoms with E-state index in [4.69, 9.17) is 20.3 Å². The van der Waals surface area contributed by atoms with Crippen molar-refractivity contribution in [1.82, 2.24) is 9.80 Å². The number of ether oxygens (including phenoxy) is 2. The molecule has 0 bridgehead atoms. The van der Waals surface area contributed by atoms with Gasteiger partial charge in [0.25, 0.3) is 11.8 Å². The summed E-state index contributed by atoms with van der Waals surface area (Å²) in [6, 6.07) is 6.58. The van der Waals surface area contributed by atoms with Crippen LogP contribution in [0.15, 0.2) is 24.3 Å². The second-order valence-corrected chi connectivity index (χ2v) is 6.10. The van der Waals surface area contributed by atoms with Crippen LogP contribution >= 0.6 is 0 Å². The van der Waals surface area contributed by atoms with Crippen LogP contribution in [0.4, 0.5) is 9.18 Å². The number of nitrogens with zero attached hydrogens (tertiary/aromatic N) is 2. The fourth-order valence-electron chi connectivity index (χ4n) is 2.63. The summed E-state index contributed by atoms with van der Waals surface area (Å²) in [4.78, 5) is 37.8. The first-order valence-electron chi connectivity index (χ1n) is 8.88. The number of carbonyl (C=O) groups is 3. The van der Waals surface area contributed by atoms with Crippen molar-refractivity contribution in [2.24, 2.45) is 5.73 Å². The number of halogens is 1. The molecular weight excluding hydrogens is 373 g/mol. The van der Waals surface area contributed by atoms with Crippen molar-refractivity contribution in [1.29, 1.82) is 0 Å². The first kappa shape index (κ1) is 21.7. The lowest BCUT2D eigenvalue weighted by molar-refractivity contribution is 0.0456. The number of hydrogen-bond donors (Lipinski definition) is 2. The van der Waals surface area contributed by atoms with Crippen LogP contribution in [-0.2, 0) is 9.47 Å². The summed E-state index contributed by atoms with van der Waals surface area (Å²) in [7, 11) is 0. The fraction of sp³-hybridized carbons (Fsp3) is 0.500. The van der Waals surface area contributed by atoms with Gasteiger partial charge in [-0.1, -0.05) is 12.1 Å². The van der Waals surface area contributed by atoms with Crippen molar-refractivity contribution >= 4 is 17.9 Å². The van der Waals surface area contributed by atoms with Crippen LogP contribution in [-0.4, -0.2) is 91.6 Å². The normalized spacial score (nSPS) is 14.3. The predicted molar refractivity (Wildman–Crippen MR) is 97.0 cm³/mol. The van der Waals surface area contributed by atoms with Gasteiger partial charge in [0, 0.05) is 19.6 Å². The third kappa shape index (κ3) is 5.72. The van der Waals surface area contributed by atoms with E-state index in [1.807, 2.05) is 0 Å². The van der Waals surface area contributed by atoms with Gasteiger partial charge in [-0.05, 0) is 12.1 Å². The number of benzene rings is 1. The third-order valence-corrected chi connectivity index (χ3v) is 4.17. The number of carbonyl (C=O) groups excluding carboxylic acids is 2. The van der Waals surface area contributed by atoms with Gasteiger partial charge in [-0.25, -0.2) is 9.18 Å². The summed E-state index contributed by atoms with van der Waals surface area (Å²) in [5.74, 6) is -0.727. The molecule has 154 valence electrons. The number of amides is 3. The Morgan fingerprint density at radius 1 is 1.11 bits per heavy atom. The molecule has 0 spiro atoms. The SMILES string of the molecule is NCC(F)COCCN(CCOCCN1C(=O)c2ccccc2C1=O)C(=O)O. The zero-order chi connectivity index (χ0) is 20.5. The Morgan fingerprint density at radius 3 is 2.21 bits per heavy atom. The molecule has 0 saturated heterocycles. The number of rotatable bonds is 12. The van der Waals surface area contributed by atoms with Crippen LogP contribution in [0.5, 0.6) is 0 Å². The lowest BCUT2D eigenvalue weighted by atomic mass is 10.1. The number of alkyl halides is 1. The van der Waals surface area contributed by atoms with E-state index in [1.165, 1.54) is 0 Å². The summed E-state index contributed by atoms with van der Waals surface area (Å²) in [6.45, 7) is 0.121. The average molecular weight is 397 g/mol. The molecule has 3 amide bonds. The lowest BCUT2D eigenvalue weighted by Gasteiger charge is -2.20. The van der Waals surface area contributed by atoms with Crippen LogP contribution < -0.4 is 5.73 Å². The Kier molecular flexibility index (Phi) is 8.30. The molecule has 9 nitrogen and oxygen atoms in total. The topological polar surface area (TPSA) is 122 Å². The van der Waals surface area contributed by atoms with Crippen molar-refractivity contribution in [3.63, 3.8) is 0 Å². The van der Waals surface area contributed by atoms with Crippen molar-refractivity contribution in [2.45, 2.75) is 6.17 Å². The molecule has 1 unspecified atom stereocenters. The highest BCUT2D eigenvalue weighted by atomic mass is 19.1. The molecular formula is C18H24FN3O6. The molecule has 1 aliphatic rings.